The molecule has 1 amide bonds. The number of methoxy groups -OCH3 is 2. The molecule has 0 bridgehead atoms. The van der Waals surface area contributed by atoms with E-state index < -0.39 is 11.7 Å². The van der Waals surface area contributed by atoms with Crippen LogP contribution in [0.3, 0.4) is 0 Å². The average Bonchev–Trinajstić information content (AvgIpc) is 2.97. The number of halogens is 1. The normalized spacial score (nSPS) is 10.5. The molecule has 2 aromatic heterocycles. The van der Waals surface area contributed by atoms with E-state index in [9.17, 15) is 9.18 Å². The molecule has 3 aromatic rings. The molecule has 9 heteroatoms. The van der Waals surface area contributed by atoms with Crippen LogP contribution in [0.1, 0.15) is 10.5 Å². The van der Waals surface area contributed by atoms with Crippen LogP contribution < -0.4 is 20.5 Å². The Balaban J connectivity index is 2.03. The Morgan fingerprint density at radius 1 is 1.26 bits per heavy atom. The molecular formula is C18H18FN5O3. The van der Waals surface area contributed by atoms with Crippen molar-refractivity contribution in [1.82, 2.24) is 14.8 Å². The summed E-state index contributed by atoms with van der Waals surface area (Å²) in [6.45, 7) is 0. The van der Waals surface area contributed by atoms with Gasteiger partial charge in [-0.1, -0.05) is 0 Å². The van der Waals surface area contributed by atoms with E-state index in [1.54, 1.807) is 32.4 Å². The average molecular weight is 371 g/mol. The molecule has 0 aliphatic carbocycles. The third-order valence-electron chi connectivity index (χ3n) is 3.98. The number of ether oxygens (including phenoxy) is 2. The summed E-state index contributed by atoms with van der Waals surface area (Å²) in [7, 11) is 4.71. The molecule has 1 aromatic carbocycles. The monoisotopic (exact) mass is 371 g/mol. The minimum Gasteiger partial charge on any atom is -0.497 e. The van der Waals surface area contributed by atoms with Crippen LogP contribution in [0.15, 0.2) is 36.7 Å². The van der Waals surface area contributed by atoms with Crippen molar-refractivity contribution in [3.8, 4) is 22.8 Å². The lowest BCUT2D eigenvalue weighted by atomic mass is 10.1. The van der Waals surface area contributed by atoms with Gasteiger partial charge in [-0.25, -0.2) is 4.39 Å². The van der Waals surface area contributed by atoms with Gasteiger partial charge in [0.05, 0.1) is 37.5 Å². The fraction of sp³-hybridized carbons (Fsp3) is 0.167. The highest BCUT2D eigenvalue weighted by Crippen LogP contribution is 2.37. The molecule has 8 nitrogen and oxygen atoms in total. The van der Waals surface area contributed by atoms with E-state index in [-0.39, 0.29) is 17.1 Å². The highest BCUT2D eigenvalue weighted by Gasteiger charge is 2.24. The molecular weight excluding hydrogens is 353 g/mol. The third kappa shape index (κ3) is 3.39. The number of rotatable bonds is 5. The number of amides is 1. The van der Waals surface area contributed by atoms with Crippen LogP contribution in [0.4, 0.5) is 15.8 Å². The van der Waals surface area contributed by atoms with Crippen molar-refractivity contribution in [2.75, 3.05) is 25.3 Å². The Labute approximate surface area is 154 Å². The van der Waals surface area contributed by atoms with Crippen molar-refractivity contribution in [1.29, 1.82) is 0 Å². The van der Waals surface area contributed by atoms with Gasteiger partial charge in [0.2, 0.25) is 0 Å². The molecule has 0 aliphatic rings. The van der Waals surface area contributed by atoms with Crippen molar-refractivity contribution in [2.24, 2.45) is 7.05 Å². The van der Waals surface area contributed by atoms with Gasteiger partial charge >= 0.3 is 0 Å². The zero-order valence-electron chi connectivity index (χ0n) is 15.0. The summed E-state index contributed by atoms with van der Waals surface area (Å²) in [5, 5.41) is 6.63. The van der Waals surface area contributed by atoms with Gasteiger partial charge in [-0.05, 0) is 24.3 Å². The predicted molar refractivity (Wildman–Crippen MR) is 98.3 cm³/mol. The first-order chi connectivity index (χ1) is 13.0. The molecule has 0 aliphatic heterocycles. The number of pyridine rings is 1. The fourth-order valence-corrected chi connectivity index (χ4v) is 2.68. The molecule has 0 spiro atoms. The fourth-order valence-electron chi connectivity index (χ4n) is 2.68. The lowest BCUT2D eigenvalue weighted by Crippen LogP contribution is -2.15. The lowest BCUT2D eigenvalue weighted by Gasteiger charge is -2.11. The van der Waals surface area contributed by atoms with E-state index in [0.717, 1.165) is 6.20 Å². The Kier molecular flexibility index (Phi) is 4.93. The van der Waals surface area contributed by atoms with Crippen LogP contribution >= 0.6 is 0 Å². The number of nitrogen functional groups attached to an aromatic ring is 1. The first-order valence-corrected chi connectivity index (χ1v) is 7.92. The van der Waals surface area contributed by atoms with Gasteiger partial charge in [0.25, 0.3) is 5.91 Å². The van der Waals surface area contributed by atoms with Gasteiger partial charge in [0.1, 0.15) is 11.5 Å². The topological polar surface area (TPSA) is 104 Å². The molecule has 3 rings (SSSR count). The van der Waals surface area contributed by atoms with E-state index in [1.165, 1.54) is 24.1 Å². The van der Waals surface area contributed by atoms with Crippen LogP contribution in [-0.4, -0.2) is 34.9 Å². The van der Waals surface area contributed by atoms with Gasteiger partial charge in [-0.2, -0.15) is 5.10 Å². The maximum Gasteiger partial charge on any atom is 0.278 e. The Morgan fingerprint density at radius 3 is 2.70 bits per heavy atom. The van der Waals surface area contributed by atoms with Crippen molar-refractivity contribution in [3.05, 3.63) is 48.2 Å². The van der Waals surface area contributed by atoms with Gasteiger partial charge in [0.15, 0.2) is 11.5 Å². The second-order valence-corrected chi connectivity index (χ2v) is 5.61. The van der Waals surface area contributed by atoms with E-state index in [2.05, 4.69) is 15.4 Å². The summed E-state index contributed by atoms with van der Waals surface area (Å²) in [5.74, 6) is -0.162. The zero-order chi connectivity index (χ0) is 19.6. The molecule has 27 heavy (non-hydrogen) atoms. The molecule has 0 saturated carbocycles. The van der Waals surface area contributed by atoms with Gasteiger partial charge in [-0.3, -0.25) is 14.5 Å². The van der Waals surface area contributed by atoms with Gasteiger partial charge in [-0.15, -0.1) is 0 Å². The summed E-state index contributed by atoms with van der Waals surface area (Å²) in [6, 6.07) is 6.55. The number of hydrogen-bond acceptors (Lipinski definition) is 6. The van der Waals surface area contributed by atoms with E-state index in [0.29, 0.717) is 22.8 Å². The number of benzene rings is 1. The first kappa shape index (κ1) is 18.2. The third-order valence-corrected chi connectivity index (χ3v) is 3.98. The minimum absolute atomic E-state index is 0.0134. The number of carbonyl (C=O) groups excluding carboxylic acids is 1. The number of anilines is 2. The van der Waals surface area contributed by atoms with Gasteiger partial charge in [0, 0.05) is 18.8 Å². The number of aromatic nitrogens is 3. The molecule has 0 unspecified atom stereocenters. The van der Waals surface area contributed by atoms with E-state index >= 15 is 0 Å². The maximum atomic E-state index is 13.7. The number of nitrogens with two attached hydrogens (primary N) is 1. The van der Waals surface area contributed by atoms with E-state index in [4.69, 9.17) is 15.2 Å². The molecule has 0 atom stereocenters. The second-order valence-electron chi connectivity index (χ2n) is 5.61. The first-order valence-electron chi connectivity index (χ1n) is 7.92. The standard InChI is InChI=1S/C18H18FN5O3/c1-24-17(11-8-10(26-2)4-5-14(11)27-3)15(20)16(23-24)18(25)22-13-6-7-21-9-12(13)19/h4-9H,20H2,1-3H3,(H,21,22,25). The Bertz CT molecular complexity index is 1000. The quantitative estimate of drug-likeness (QED) is 0.714. The van der Waals surface area contributed by atoms with Crippen LogP contribution in [-0.2, 0) is 7.05 Å². The summed E-state index contributed by atoms with van der Waals surface area (Å²) in [4.78, 5) is 16.2. The number of nitrogens with one attached hydrogen (secondary N) is 1. The number of carbonyl (C=O) groups is 1. The zero-order valence-corrected chi connectivity index (χ0v) is 15.0. The van der Waals surface area contributed by atoms with E-state index in [1.807, 2.05) is 0 Å². The van der Waals surface area contributed by atoms with Gasteiger partial charge < -0.3 is 20.5 Å². The molecule has 0 saturated heterocycles. The van der Waals surface area contributed by atoms with Crippen molar-refractivity contribution < 1.29 is 18.7 Å². The van der Waals surface area contributed by atoms with Crippen LogP contribution in [0.25, 0.3) is 11.3 Å². The largest absolute Gasteiger partial charge is 0.497 e. The summed E-state index contributed by atoms with van der Waals surface area (Å²) < 4.78 is 25.8. The minimum atomic E-state index is -0.657. The highest BCUT2D eigenvalue weighted by molar-refractivity contribution is 6.08. The smallest absolute Gasteiger partial charge is 0.278 e. The van der Waals surface area contributed by atoms with Crippen molar-refractivity contribution >= 4 is 17.3 Å². The van der Waals surface area contributed by atoms with Crippen molar-refractivity contribution in [2.45, 2.75) is 0 Å². The number of hydrogen-bond donors (Lipinski definition) is 2. The van der Waals surface area contributed by atoms with Crippen LogP contribution in [0.5, 0.6) is 11.5 Å². The lowest BCUT2D eigenvalue weighted by molar-refractivity contribution is 0.102. The van der Waals surface area contributed by atoms with Crippen LogP contribution in [0, 0.1) is 5.82 Å². The number of nitrogens with zero attached hydrogens (tertiary/aromatic N) is 3. The molecule has 2 heterocycles. The van der Waals surface area contributed by atoms with Crippen molar-refractivity contribution in [3.63, 3.8) is 0 Å². The SMILES string of the molecule is COc1ccc(OC)c(-c2c(N)c(C(=O)Nc3ccncc3F)nn2C)c1. The summed E-state index contributed by atoms with van der Waals surface area (Å²) >= 11 is 0. The highest BCUT2D eigenvalue weighted by atomic mass is 19.1. The number of aryl methyl sites for hydroxylation is 1. The Morgan fingerprint density at radius 2 is 2.04 bits per heavy atom. The Hall–Kier alpha value is -3.62. The van der Waals surface area contributed by atoms with Crippen LogP contribution in [0.2, 0.25) is 0 Å². The molecule has 140 valence electrons. The summed E-state index contributed by atoms with van der Waals surface area (Å²) in [6.07, 6.45) is 2.37. The molecule has 0 fully saturated rings. The second kappa shape index (κ2) is 7.32. The molecule has 0 radical (unpaired) electrons. The predicted octanol–water partition coefficient (Wildman–Crippen LogP) is 2.47. The maximum absolute atomic E-state index is 13.7. The summed E-state index contributed by atoms with van der Waals surface area (Å²) in [5.41, 5.74) is 7.37. The molecule has 3 N–H and O–H groups in total.